The molecule has 4 N–H and O–H groups in total. The molecule has 0 saturated carbocycles. The second kappa shape index (κ2) is 8.05. The number of ether oxygens (including phenoxy) is 1. The number of aliphatic hydroxyl groups is 4. The van der Waals surface area contributed by atoms with Gasteiger partial charge < -0.3 is 25.2 Å². The summed E-state index contributed by atoms with van der Waals surface area (Å²) in [5, 5.41) is 40.0. The Balaban J connectivity index is 2.07. The summed E-state index contributed by atoms with van der Waals surface area (Å²) < 4.78 is 31.2. The summed E-state index contributed by atoms with van der Waals surface area (Å²) in [5.74, 6) is 0. The largest absolute Gasteiger partial charge is 0.394 e. The number of benzene rings is 2. The Labute approximate surface area is 161 Å². The van der Waals surface area contributed by atoms with Crippen molar-refractivity contribution in [1.82, 2.24) is 0 Å². The fraction of sp³-hybridized carbons (Fsp3) is 0.400. The number of hydrogen-bond acceptors (Lipinski definition) is 5. The maximum Gasteiger partial charge on any atom is 0.113 e. The molecule has 1 heterocycles. The average Bonchev–Trinajstić information content (AvgIpc) is 2.69. The molecule has 1 fully saturated rings. The van der Waals surface area contributed by atoms with Gasteiger partial charge in [-0.2, -0.15) is 0 Å². The molecule has 5 atom stereocenters. The molecular weight excluding hydrogens is 356 g/mol. The van der Waals surface area contributed by atoms with E-state index in [0.29, 0.717) is 5.56 Å². The summed E-state index contributed by atoms with van der Waals surface area (Å²) >= 11 is 6.26. The van der Waals surface area contributed by atoms with Crippen LogP contribution in [0.3, 0.4) is 0 Å². The van der Waals surface area contributed by atoms with E-state index in [1.165, 1.54) is 18.2 Å². The van der Waals surface area contributed by atoms with E-state index >= 15 is 0 Å². The number of aliphatic hydroxyl groups excluding tert-OH is 4. The van der Waals surface area contributed by atoms with Crippen LogP contribution in [0, 0.1) is 6.92 Å². The van der Waals surface area contributed by atoms with E-state index < -0.39 is 43.5 Å². The second-order valence-corrected chi connectivity index (χ2v) is 6.72. The molecule has 6 heteroatoms. The van der Waals surface area contributed by atoms with Crippen LogP contribution in [0.4, 0.5) is 0 Å². The Morgan fingerprint density at radius 2 is 1.77 bits per heavy atom. The minimum absolute atomic E-state index is 0.0322. The number of aryl methyl sites for hydroxylation is 1. The van der Waals surface area contributed by atoms with Gasteiger partial charge in [0.15, 0.2) is 0 Å². The molecule has 0 aromatic heterocycles. The third-order valence-electron chi connectivity index (χ3n) is 4.36. The molecule has 26 heavy (non-hydrogen) atoms. The molecule has 3 rings (SSSR count). The highest BCUT2D eigenvalue weighted by Gasteiger charge is 2.43. The van der Waals surface area contributed by atoms with Gasteiger partial charge in [0, 0.05) is 7.76 Å². The predicted molar refractivity (Wildman–Crippen MR) is 98.2 cm³/mol. The highest BCUT2D eigenvalue weighted by molar-refractivity contribution is 6.31. The average molecular weight is 382 g/mol. The zero-order chi connectivity index (χ0) is 21.6. The molecule has 1 aliphatic rings. The van der Waals surface area contributed by atoms with Gasteiger partial charge in [0.05, 0.1) is 7.98 Å². The summed E-state index contributed by atoms with van der Waals surface area (Å²) in [6.45, 7) is 1.21. The van der Waals surface area contributed by atoms with Crippen molar-refractivity contribution in [1.29, 1.82) is 0 Å². The molecule has 0 aliphatic carbocycles. The van der Waals surface area contributed by atoms with Crippen LogP contribution in [0.5, 0.6) is 0 Å². The third-order valence-corrected chi connectivity index (χ3v) is 4.69. The Hall–Kier alpha value is -1.47. The van der Waals surface area contributed by atoms with Crippen LogP contribution in [0.1, 0.15) is 32.4 Å². The second-order valence-electron chi connectivity index (χ2n) is 6.31. The van der Waals surface area contributed by atoms with Crippen LogP contribution in [0.15, 0.2) is 42.5 Å². The lowest BCUT2D eigenvalue weighted by atomic mass is 9.90. The molecule has 5 nitrogen and oxygen atoms in total. The van der Waals surface area contributed by atoms with Crippen molar-refractivity contribution in [2.45, 2.75) is 43.8 Å². The lowest BCUT2D eigenvalue weighted by Gasteiger charge is -2.40. The monoisotopic (exact) mass is 381 g/mol. The normalized spacial score (nSPS) is 34.0. The molecule has 1 saturated heterocycles. The standard InChI is InChI=1S/C20H23ClO5/c1-11-2-4-12(5-3-11)8-14-9-13(6-7-15(14)21)20-19(25)18(24)17(23)16(10-22)26-20/h2-7,9,16-20,22-25H,8,10H2,1H3/t16-,17-,18+,19-,20+/m1/s1/i8D2,20D. The van der Waals surface area contributed by atoms with Crippen molar-refractivity contribution >= 4 is 11.6 Å². The molecule has 0 spiro atoms. The first-order chi connectivity index (χ1) is 13.5. The molecule has 1 aliphatic heterocycles. The van der Waals surface area contributed by atoms with E-state index in [-0.39, 0.29) is 16.1 Å². The third kappa shape index (κ3) is 3.93. The lowest BCUT2D eigenvalue weighted by Crippen LogP contribution is -2.55. The van der Waals surface area contributed by atoms with Gasteiger partial charge in [-0.15, -0.1) is 0 Å². The fourth-order valence-electron chi connectivity index (χ4n) is 2.82. The van der Waals surface area contributed by atoms with Gasteiger partial charge in [-0.1, -0.05) is 53.6 Å². The molecule has 0 amide bonds. The minimum Gasteiger partial charge on any atom is -0.394 e. The van der Waals surface area contributed by atoms with Gasteiger partial charge in [0.2, 0.25) is 0 Å². The van der Waals surface area contributed by atoms with Crippen molar-refractivity contribution in [3.8, 4) is 0 Å². The van der Waals surface area contributed by atoms with E-state index in [9.17, 15) is 20.4 Å². The van der Waals surface area contributed by atoms with E-state index in [4.69, 9.17) is 20.5 Å². The van der Waals surface area contributed by atoms with Gasteiger partial charge in [0.25, 0.3) is 0 Å². The summed E-state index contributed by atoms with van der Waals surface area (Å²) in [6.07, 6.45) is -10.7. The van der Waals surface area contributed by atoms with E-state index in [1.807, 2.05) is 6.92 Å². The first-order valence-electron chi connectivity index (χ1n) is 9.73. The molecule has 0 bridgehead atoms. The number of halogens is 1. The molecule has 0 radical (unpaired) electrons. The Bertz CT molecular complexity index is 877. The Morgan fingerprint density at radius 1 is 1.08 bits per heavy atom. The van der Waals surface area contributed by atoms with Gasteiger partial charge in [0.1, 0.15) is 30.5 Å². The fourth-order valence-corrected chi connectivity index (χ4v) is 2.98. The molecule has 0 unspecified atom stereocenters. The minimum atomic E-state index is -2.24. The van der Waals surface area contributed by atoms with Crippen LogP contribution < -0.4 is 0 Å². The van der Waals surface area contributed by atoms with Gasteiger partial charge in [-0.05, 0) is 36.1 Å². The van der Waals surface area contributed by atoms with Crippen molar-refractivity contribution in [3.63, 3.8) is 0 Å². The van der Waals surface area contributed by atoms with Crippen LogP contribution in [-0.4, -0.2) is 51.4 Å². The molecule has 2 aromatic carbocycles. The lowest BCUT2D eigenvalue weighted by molar-refractivity contribution is -0.231. The summed E-state index contributed by atoms with van der Waals surface area (Å²) in [6, 6.07) is 10.9. The predicted octanol–water partition coefficient (Wildman–Crippen LogP) is 1.75. The number of hydrogen-bond donors (Lipinski definition) is 4. The van der Waals surface area contributed by atoms with Crippen LogP contribution in [-0.2, 0) is 11.1 Å². The molecular formula is C20H23ClO5. The first-order valence-corrected chi connectivity index (χ1v) is 8.60. The SMILES string of the molecule is [2H]C([2H])(c1ccc(C)cc1)c1cc([C@]2([2H])O[C@H](CO)[C@@H](O)[C@H](O)[C@H]2O)ccc1Cl. The number of rotatable bonds is 4. The van der Waals surface area contributed by atoms with Gasteiger partial charge in [-0.3, -0.25) is 0 Å². The van der Waals surface area contributed by atoms with Crippen molar-refractivity contribution in [3.05, 3.63) is 69.7 Å². The maximum atomic E-state index is 10.4. The summed E-state index contributed by atoms with van der Waals surface area (Å²) in [7, 11) is 0. The molecule has 2 aromatic rings. The first kappa shape index (κ1) is 15.6. The topological polar surface area (TPSA) is 90.2 Å². The molecule has 140 valence electrons. The Morgan fingerprint density at radius 3 is 2.42 bits per heavy atom. The Kier molecular flexibility index (Phi) is 4.82. The van der Waals surface area contributed by atoms with E-state index in [2.05, 4.69) is 0 Å². The van der Waals surface area contributed by atoms with Gasteiger partial charge in [-0.25, -0.2) is 0 Å². The zero-order valence-corrected chi connectivity index (χ0v) is 14.9. The van der Waals surface area contributed by atoms with Crippen LogP contribution in [0.2, 0.25) is 5.02 Å². The quantitative estimate of drug-likeness (QED) is 0.648. The summed E-state index contributed by atoms with van der Waals surface area (Å²) in [4.78, 5) is 0. The van der Waals surface area contributed by atoms with Crippen molar-refractivity contribution < 1.29 is 29.3 Å². The highest BCUT2D eigenvalue weighted by atomic mass is 35.5. The van der Waals surface area contributed by atoms with Crippen molar-refractivity contribution in [2.24, 2.45) is 0 Å². The van der Waals surface area contributed by atoms with Crippen molar-refractivity contribution in [2.75, 3.05) is 6.61 Å². The summed E-state index contributed by atoms with van der Waals surface area (Å²) in [5.41, 5.74) is 1.42. The zero-order valence-electron chi connectivity index (χ0n) is 17.1. The highest BCUT2D eigenvalue weighted by Crippen LogP contribution is 2.34. The smallest absolute Gasteiger partial charge is 0.113 e. The maximum absolute atomic E-state index is 10.4. The van der Waals surface area contributed by atoms with Gasteiger partial charge >= 0.3 is 0 Å². The van der Waals surface area contributed by atoms with E-state index in [0.717, 1.165) is 5.56 Å². The van der Waals surface area contributed by atoms with Crippen LogP contribution >= 0.6 is 11.6 Å². The van der Waals surface area contributed by atoms with E-state index in [1.54, 1.807) is 24.3 Å². The van der Waals surface area contributed by atoms with Crippen LogP contribution in [0.25, 0.3) is 0 Å².